The number of benzene rings is 1. The molecule has 0 amide bonds. The van der Waals surface area contributed by atoms with E-state index in [4.69, 9.17) is 0 Å². The summed E-state index contributed by atoms with van der Waals surface area (Å²) >= 11 is 1.60. The summed E-state index contributed by atoms with van der Waals surface area (Å²) in [6.45, 7) is 6.11. The lowest BCUT2D eigenvalue weighted by Gasteiger charge is -2.20. The van der Waals surface area contributed by atoms with E-state index in [-0.39, 0.29) is 11.2 Å². The van der Waals surface area contributed by atoms with Crippen molar-refractivity contribution in [3.63, 3.8) is 0 Å². The number of hydrogen-bond donors (Lipinski definition) is 1. The van der Waals surface area contributed by atoms with Gasteiger partial charge in [0.15, 0.2) is 0 Å². The molecule has 1 nitrogen and oxygen atoms in total. The maximum atomic E-state index is 12.5. The Morgan fingerprint density at radius 1 is 1.21 bits per heavy atom. The van der Waals surface area contributed by atoms with Crippen LogP contribution in [0.5, 0.6) is 0 Å². The van der Waals surface area contributed by atoms with Gasteiger partial charge in [0, 0.05) is 10.5 Å². The molecule has 0 saturated carbocycles. The Balaban J connectivity index is 2.62. The van der Waals surface area contributed by atoms with Gasteiger partial charge < -0.3 is 5.11 Å². The second-order valence-electron chi connectivity index (χ2n) is 5.48. The van der Waals surface area contributed by atoms with Crippen LogP contribution in [0.25, 0.3) is 0 Å². The van der Waals surface area contributed by atoms with Crippen LogP contribution in [0.2, 0.25) is 0 Å². The van der Waals surface area contributed by atoms with Crippen LogP contribution in [-0.4, -0.2) is 21.7 Å². The highest BCUT2D eigenvalue weighted by atomic mass is 32.2. The van der Waals surface area contributed by atoms with Crippen LogP contribution >= 0.6 is 11.8 Å². The van der Waals surface area contributed by atoms with Crippen molar-refractivity contribution in [3.05, 3.63) is 35.4 Å². The zero-order valence-electron chi connectivity index (χ0n) is 11.3. The minimum Gasteiger partial charge on any atom is -0.392 e. The summed E-state index contributed by atoms with van der Waals surface area (Å²) in [6.07, 6.45) is -4.72. The van der Waals surface area contributed by atoms with Crippen LogP contribution in [0.15, 0.2) is 24.3 Å². The fraction of sp³-hybridized carbons (Fsp3) is 0.571. The van der Waals surface area contributed by atoms with Gasteiger partial charge in [-0.05, 0) is 18.1 Å². The molecular formula is C14H19F3OS. The lowest BCUT2D eigenvalue weighted by Crippen LogP contribution is -2.19. The number of rotatable bonds is 4. The Bertz CT molecular complexity index is 410. The van der Waals surface area contributed by atoms with Crippen molar-refractivity contribution < 1.29 is 18.3 Å². The molecule has 1 unspecified atom stereocenters. The standard InChI is InChI=1S/C14H19F3OS/c1-13(2,3)19-9-12(18)8-10-5-4-6-11(7-10)14(15,16)17/h4-7,12,18H,8-9H2,1-3H3. The SMILES string of the molecule is CC(C)(C)SCC(O)Cc1cccc(C(F)(F)F)c1. The molecule has 19 heavy (non-hydrogen) atoms. The predicted molar refractivity (Wildman–Crippen MR) is 73.4 cm³/mol. The van der Waals surface area contributed by atoms with Gasteiger partial charge in [-0.25, -0.2) is 0 Å². The van der Waals surface area contributed by atoms with E-state index in [1.165, 1.54) is 6.07 Å². The zero-order chi connectivity index (χ0) is 14.7. The number of aliphatic hydroxyl groups is 1. The molecule has 1 N–H and O–H groups in total. The molecule has 1 aromatic rings. The Kier molecular flexibility index (Phi) is 5.33. The van der Waals surface area contributed by atoms with Gasteiger partial charge in [0.25, 0.3) is 0 Å². The van der Waals surface area contributed by atoms with E-state index >= 15 is 0 Å². The maximum Gasteiger partial charge on any atom is 0.416 e. The highest BCUT2D eigenvalue weighted by molar-refractivity contribution is 8.00. The first-order chi connectivity index (χ1) is 8.58. The molecule has 0 aromatic heterocycles. The van der Waals surface area contributed by atoms with E-state index in [1.54, 1.807) is 17.8 Å². The molecule has 0 radical (unpaired) electrons. The normalized spacial score (nSPS) is 14.5. The Labute approximate surface area is 116 Å². The minimum absolute atomic E-state index is 0.0365. The fourth-order valence-electron chi connectivity index (χ4n) is 1.55. The fourth-order valence-corrected chi connectivity index (χ4v) is 2.36. The monoisotopic (exact) mass is 292 g/mol. The predicted octanol–water partition coefficient (Wildman–Crippen LogP) is 4.14. The van der Waals surface area contributed by atoms with Crippen LogP contribution < -0.4 is 0 Å². The van der Waals surface area contributed by atoms with Crippen molar-refractivity contribution in [1.82, 2.24) is 0 Å². The summed E-state index contributed by atoms with van der Waals surface area (Å²) in [4.78, 5) is 0. The molecule has 0 bridgehead atoms. The Hall–Kier alpha value is -0.680. The molecule has 108 valence electrons. The lowest BCUT2D eigenvalue weighted by atomic mass is 10.1. The van der Waals surface area contributed by atoms with Crippen LogP contribution in [0.3, 0.4) is 0 Å². The highest BCUT2D eigenvalue weighted by Crippen LogP contribution is 2.30. The molecule has 0 aliphatic carbocycles. The van der Waals surface area contributed by atoms with Crippen molar-refractivity contribution in [3.8, 4) is 0 Å². The summed E-state index contributed by atoms with van der Waals surface area (Å²) in [5, 5.41) is 9.86. The topological polar surface area (TPSA) is 20.2 Å². The first-order valence-electron chi connectivity index (χ1n) is 6.06. The third-order valence-electron chi connectivity index (χ3n) is 2.43. The molecule has 0 fully saturated rings. The summed E-state index contributed by atoms with van der Waals surface area (Å²) in [5.74, 6) is 0.514. The molecular weight excluding hydrogens is 273 g/mol. The van der Waals surface area contributed by atoms with Gasteiger partial charge >= 0.3 is 6.18 Å². The maximum absolute atomic E-state index is 12.5. The van der Waals surface area contributed by atoms with Gasteiger partial charge in [-0.2, -0.15) is 24.9 Å². The largest absolute Gasteiger partial charge is 0.416 e. The van der Waals surface area contributed by atoms with Gasteiger partial charge in [-0.15, -0.1) is 0 Å². The van der Waals surface area contributed by atoms with Crippen LogP contribution in [-0.2, 0) is 12.6 Å². The highest BCUT2D eigenvalue weighted by Gasteiger charge is 2.30. The number of aliphatic hydroxyl groups excluding tert-OH is 1. The molecule has 0 saturated heterocycles. The van der Waals surface area contributed by atoms with Crippen molar-refractivity contribution in [2.24, 2.45) is 0 Å². The van der Waals surface area contributed by atoms with E-state index in [2.05, 4.69) is 0 Å². The van der Waals surface area contributed by atoms with Crippen molar-refractivity contribution in [2.75, 3.05) is 5.75 Å². The van der Waals surface area contributed by atoms with Crippen LogP contribution in [0.4, 0.5) is 13.2 Å². The second kappa shape index (κ2) is 6.18. The van der Waals surface area contributed by atoms with Crippen LogP contribution in [0, 0.1) is 0 Å². The van der Waals surface area contributed by atoms with E-state index in [0.717, 1.165) is 12.1 Å². The lowest BCUT2D eigenvalue weighted by molar-refractivity contribution is -0.137. The smallest absolute Gasteiger partial charge is 0.392 e. The van der Waals surface area contributed by atoms with Gasteiger partial charge in [0.1, 0.15) is 0 Å². The van der Waals surface area contributed by atoms with Gasteiger partial charge in [0.2, 0.25) is 0 Å². The number of hydrogen-bond acceptors (Lipinski definition) is 2. The number of halogens is 3. The summed E-state index contributed by atoms with van der Waals surface area (Å²) < 4.78 is 37.7. The minimum atomic E-state index is -4.33. The Morgan fingerprint density at radius 3 is 2.37 bits per heavy atom. The van der Waals surface area contributed by atoms with Crippen molar-refractivity contribution in [2.45, 2.75) is 44.2 Å². The molecule has 5 heteroatoms. The number of thioether (sulfide) groups is 1. The van der Waals surface area contributed by atoms with E-state index in [0.29, 0.717) is 11.3 Å². The van der Waals surface area contributed by atoms with E-state index < -0.39 is 17.8 Å². The molecule has 0 spiro atoms. The average molecular weight is 292 g/mol. The van der Waals surface area contributed by atoms with E-state index in [1.807, 2.05) is 20.8 Å². The van der Waals surface area contributed by atoms with Crippen molar-refractivity contribution in [1.29, 1.82) is 0 Å². The molecule has 1 rings (SSSR count). The molecule has 1 atom stereocenters. The zero-order valence-corrected chi connectivity index (χ0v) is 12.1. The first kappa shape index (κ1) is 16.4. The molecule has 0 aliphatic rings. The quantitative estimate of drug-likeness (QED) is 0.900. The first-order valence-corrected chi connectivity index (χ1v) is 7.04. The van der Waals surface area contributed by atoms with E-state index in [9.17, 15) is 18.3 Å². The van der Waals surface area contributed by atoms with Crippen LogP contribution in [0.1, 0.15) is 31.9 Å². The third-order valence-corrected chi connectivity index (χ3v) is 3.85. The Morgan fingerprint density at radius 2 is 1.84 bits per heavy atom. The molecule has 1 aromatic carbocycles. The summed E-state index contributed by atoms with van der Waals surface area (Å²) in [7, 11) is 0. The number of alkyl halides is 3. The summed E-state index contributed by atoms with van der Waals surface area (Å²) in [5.41, 5.74) is -0.155. The molecule has 0 heterocycles. The molecule has 0 aliphatic heterocycles. The van der Waals surface area contributed by atoms with Crippen molar-refractivity contribution >= 4 is 11.8 Å². The van der Waals surface area contributed by atoms with Gasteiger partial charge in [-0.3, -0.25) is 0 Å². The van der Waals surface area contributed by atoms with Gasteiger partial charge in [0.05, 0.1) is 11.7 Å². The summed E-state index contributed by atoms with van der Waals surface area (Å²) in [6, 6.07) is 5.13. The average Bonchev–Trinajstić information content (AvgIpc) is 2.25. The second-order valence-corrected chi connectivity index (χ2v) is 7.33. The van der Waals surface area contributed by atoms with Gasteiger partial charge in [-0.1, -0.05) is 39.0 Å². The third kappa shape index (κ3) is 6.34.